The Balaban J connectivity index is 2.26. The van der Waals surface area contributed by atoms with Gasteiger partial charge in [-0.3, -0.25) is 24.0 Å². The number of aliphatic carboxylic acids is 1. The molecule has 3 N–H and O–H groups in total. The highest BCUT2D eigenvalue weighted by Crippen LogP contribution is 2.26. The van der Waals surface area contributed by atoms with Crippen molar-refractivity contribution in [1.82, 2.24) is 9.88 Å². The molecular formula is C23H23F4N3O7. The highest BCUT2D eigenvalue weighted by molar-refractivity contribution is 5.94. The van der Waals surface area contributed by atoms with Gasteiger partial charge in [0.05, 0.1) is 6.42 Å². The summed E-state index contributed by atoms with van der Waals surface area (Å²) in [5, 5.41) is 13.7. The van der Waals surface area contributed by atoms with Crippen molar-refractivity contribution in [3.8, 4) is 5.75 Å². The van der Waals surface area contributed by atoms with Gasteiger partial charge in [-0.1, -0.05) is 13.8 Å². The number of aromatic nitrogens is 1. The number of carbonyl (C=O) groups excluding carboxylic acids is 3. The first-order valence-electron chi connectivity index (χ1n) is 10.9. The van der Waals surface area contributed by atoms with E-state index in [1.807, 2.05) is 0 Å². The van der Waals surface area contributed by atoms with E-state index < -0.39 is 83.3 Å². The molecular weight excluding hydrogens is 506 g/mol. The molecule has 2 amide bonds. The van der Waals surface area contributed by atoms with Crippen LogP contribution in [0.15, 0.2) is 29.2 Å². The topological polar surface area (TPSA) is 144 Å². The minimum atomic E-state index is -1.91. The number of Topliss-reactive ketones (excluding diaryl/α,β-unsaturated/α-hetero) is 1. The van der Waals surface area contributed by atoms with Crippen LogP contribution in [0.25, 0.3) is 0 Å². The molecule has 0 fully saturated rings. The second-order valence-electron chi connectivity index (χ2n) is 7.67. The zero-order valence-electron chi connectivity index (χ0n) is 19.6. The zero-order chi connectivity index (χ0) is 27.9. The molecule has 0 aliphatic heterocycles. The number of anilines is 1. The largest absolute Gasteiger partial charge is 0.481 e. The van der Waals surface area contributed by atoms with Crippen molar-refractivity contribution in [2.45, 2.75) is 45.2 Å². The summed E-state index contributed by atoms with van der Waals surface area (Å²) in [7, 11) is 0. The third-order valence-corrected chi connectivity index (χ3v) is 5.11. The van der Waals surface area contributed by atoms with Crippen molar-refractivity contribution in [2.24, 2.45) is 0 Å². The average Bonchev–Trinajstić information content (AvgIpc) is 2.84. The molecule has 1 aromatic carbocycles. The van der Waals surface area contributed by atoms with E-state index in [0.717, 1.165) is 4.57 Å². The van der Waals surface area contributed by atoms with Crippen molar-refractivity contribution in [1.29, 1.82) is 0 Å². The number of carboxylic acids is 1. The number of nitrogens with one attached hydrogen (secondary N) is 2. The van der Waals surface area contributed by atoms with Gasteiger partial charge in [0.1, 0.15) is 24.4 Å². The van der Waals surface area contributed by atoms with Crippen molar-refractivity contribution in [3.63, 3.8) is 0 Å². The van der Waals surface area contributed by atoms with Crippen LogP contribution in [0.2, 0.25) is 0 Å². The van der Waals surface area contributed by atoms with Crippen molar-refractivity contribution in [3.05, 3.63) is 58.0 Å². The molecule has 1 aromatic heterocycles. The molecule has 0 bridgehead atoms. The molecule has 200 valence electrons. The van der Waals surface area contributed by atoms with E-state index in [9.17, 15) is 41.5 Å². The van der Waals surface area contributed by atoms with Crippen molar-refractivity contribution in [2.75, 3.05) is 11.9 Å². The maximum atomic E-state index is 13.8. The summed E-state index contributed by atoms with van der Waals surface area (Å²) in [5.74, 6) is -13.1. The lowest BCUT2D eigenvalue weighted by molar-refractivity contribution is -0.140. The molecule has 0 aliphatic rings. The molecule has 37 heavy (non-hydrogen) atoms. The van der Waals surface area contributed by atoms with Crippen LogP contribution in [0.1, 0.15) is 39.2 Å². The zero-order valence-corrected chi connectivity index (χ0v) is 19.6. The SMILES string of the molecule is CCC(=O)Nc1cccn(C(CC)C(=O)NC(CC(=O)O)C(=O)COc2c(F)c(F)cc(F)c2F)c1=O. The number of nitrogens with zero attached hydrogens (tertiary/aromatic N) is 1. The minimum absolute atomic E-state index is 0.000388. The molecule has 2 rings (SSSR count). The fourth-order valence-corrected chi connectivity index (χ4v) is 3.21. The van der Waals surface area contributed by atoms with Gasteiger partial charge in [-0.05, 0) is 18.6 Å². The third-order valence-electron chi connectivity index (χ3n) is 5.11. The number of ether oxygens (including phenoxy) is 1. The molecule has 0 aliphatic carbocycles. The molecule has 0 saturated carbocycles. The van der Waals surface area contributed by atoms with Gasteiger partial charge in [0.2, 0.25) is 23.4 Å². The molecule has 2 unspecified atom stereocenters. The standard InChI is InChI=1S/C23H23F4N3O7/c1-3-15(30-7-5-6-13(23(30)36)28-17(32)4-2)22(35)29-14(9-18(33)34)16(31)10-37-21-19(26)11(24)8-12(25)20(21)27/h5-8,14-15H,3-4,9-10H2,1-2H3,(H,28,32)(H,29,35)(H,33,34). The van der Waals surface area contributed by atoms with Gasteiger partial charge in [-0.2, -0.15) is 8.78 Å². The Hall–Kier alpha value is -4.23. The number of ketones is 1. The number of carbonyl (C=O) groups is 4. The fraction of sp³-hybridized carbons (Fsp3) is 0.348. The van der Waals surface area contributed by atoms with Crippen LogP contribution in [0.3, 0.4) is 0 Å². The van der Waals surface area contributed by atoms with Gasteiger partial charge in [0.15, 0.2) is 23.2 Å². The molecule has 0 radical (unpaired) electrons. The van der Waals surface area contributed by atoms with Crippen molar-refractivity contribution >= 4 is 29.3 Å². The molecule has 0 spiro atoms. The number of amides is 2. The lowest BCUT2D eigenvalue weighted by Gasteiger charge is -2.22. The van der Waals surface area contributed by atoms with Gasteiger partial charge in [-0.25, -0.2) is 8.78 Å². The Morgan fingerprint density at radius 1 is 1.08 bits per heavy atom. The van der Waals surface area contributed by atoms with E-state index in [1.54, 1.807) is 6.92 Å². The Labute approximate surface area is 207 Å². The molecule has 10 nitrogen and oxygen atoms in total. The Morgan fingerprint density at radius 3 is 2.24 bits per heavy atom. The summed E-state index contributed by atoms with van der Waals surface area (Å²) in [6.45, 7) is 1.84. The number of hydrogen-bond acceptors (Lipinski definition) is 6. The van der Waals surface area contributed by atoms with Gasteiger partial charge >= 0.3 is 5.97 Å². The van der Waals surface area contributed by atoms with Crippen LogP contribution in [0, 0.1) is 23.3 Å². The predicted molar refractivity (Wildman–Crippen MR) is 120 cm³/mol. The van der Waals surface area contributed by atoms with Crippen LogP contribution in [-0.4, -0.2) is 45.9 Å². The summed E-state index contributed by atoms with van der Waals surface area (Å²) in [4.78, 5) is 61.1. The number of carboxylic acid groups (broad SMARTS) is 1. The summed E-state index contributed by atoms with van der Waals surface area (Å²) in [5.41, 5.74) is -0.853. The van der Waals surface area contributed by atoms with Gasteiger partial charge < -0.3 is 25.0 Å². The predicted octanol–water partition coefficient (Wildman–Crippen LogP) is 2.31. The molecule has 14 heteroatoms. The van der Waals surface area contributed by atoms with Crippen LogP contribution >= 0.6 is 0 Å². The van der Waals surface area contributed by atoms with E-state index in [-0.39, 0.29) is 24.6 Å². The highest BCUT2D eigenvalue weighted by Gasteiger charge is 2.30. The maximum Gasteiger partial charge on any atom is 0.305 e. The quantitative estimate of drug-likeness (QED) is 0.283. The van der Waals surface area contributed by atoms with Crippen molar-refractivity contribution < 1.29 is 46.6 Å². The van der Waals surface area contributed by atoms with Crippen LogP contribution in [-0.2, 0) is 19.2 Å². The number of hydrogen-bond donors (Lipinski definition) is 3. The Kier molecular flexibility index (Phi) is 9.91. The lowest BCUT2D eigenvalue weighted by atomic mass is 10.1. The number of pyridine rings is 1. The Morgan fingerprint density at radius 2 is 1.70 bits per heavy atom. The van der Waals surface area contributed by atoms with E-state index in [4.69, 9.17) is 5.11 Å². The average molecular weight is 529 g/mol. The second-order valence-corrected chi connectivity index (χ2v) is 7.67. The van der Waals surface area contributed by atoms with E-state index in [2.05, 4.69) is 15.4 Å². The van der Waals surface area contributed by atoms with Crippen LogP contribution in [0.4, 0.5) is 23.2 Å². The van der Waals surface area contributed by atoms with E-state index >= 15 is 0 Å². The number of rotatable bonds is 12. The maximum absolute atomic E-state index is 13.8. The fourth-order valence-electron chi connectivity index (χ4n) is 3.21. The van der Waals surface area contributed by atoms with Gasteiger partial charge in [0, 0.05) is 18.7 Å². The normalized spacial score (nSPS) is 12.4. The molecule has 0 saturated heterocycles. The molecule has 1 heterocycles. The van der Waals surface area contributed by atoms with E-state index in [0.29, 0.717) is 0 Å². The summed E-state index contributed by atoms with van der Waals surface area (Å²) in [6, 6.07) is -0.399. The third kappa shape index (κ3) is 7.15. The van der Waals surface area contributed by atoms with Gasteiger partial charge in [0.25, 0.3) is 5.56 Å². The monoisotopic (exact) mass is 529 g/mol. The summed E-state index contributed by atoms with van der Waals surface area (Å²) in [6.07, 6.45) is 0.358. The first-order chi connectivity index (χ1) is 17.4. The number of halogens is 4. The molecule has 2 aromatic rings. The number of benzene rings is 1. The minimum Gasteiger partial charge on any atom is -0.481 e. The van der Waals surface area contributed by atoms with Gasteiger partial charge in [-0.15, -0.1) is 0 Å². The van der Waals surface area contributed by atoms with Crippen LogP contribution in [0.5, 0.6) is 5.75 Å². The smallest absolute Gasteiger partial charge is 0.305 e. The highest BCUT2D eigenvalue weighted by atomic mass is 19.2. The summed E-state index contributed by atoms with van der Waals surface area (Å²) < 4.78 is 59.8. The second kappa shape index (κ2) is 12.6. The molecule has 2 atom stereocenters. The lowest BCUT2D eigenvalue weighted by Crippen LogP contribution is -2.48. The van der Waals surface area contributed by atoms with E-state index in [1.165, 1.54) is 25.3 Å². The van der Waals surface area contributed by atoms with Crippen LogP contribution < -0.4 is 20.9 Å². The first kappa shape index (κ1) is 29.0. The Bertz CT molecular complexity index is 1240. The summed E-state index contributed by atoms with van der Waals surface area (Å²) >= 11 is 0. The first-order valence-corrected chi connectivity index (χ1v) is 10.9.